The number of aryl methyl sites for hydroxylation is 1. The molecule has 0 aliphatic heterocycles. The maximum absolute atomic E-state index is 5.46. The number of hydrogen-bond acceptors (Lipinski definition) is 4. The van der Waals surface area contributed by atoms with Crippen LogP contribution in [0.15, 0.2) is 22.6 Å². The van der Waals surface area contributed by atoms with Crippen LogP contribution in [0.2, 0.25) is 0 Å². The van der Waals surface area contributed by atoms with Crippen molar-refractivity contribution in [3.05, 3.63) is 30.0 Å². The van der Waals surface area contributed by atoms with E-state index in [2.05, 4.69) is 16.3 Å². The Morgan fingerprint density at radius 3 is 2.93 bits per heavy atom. The van der Waals surface area contributed by atoms with E-state index in [4.69, 9.17) is 9.15 Å². The molecule has 15 heavy (non-hydrogen) atoms. The summed E-state index contributed by atoms with van der Waals surface area (Å²) in [5.74, 6) is 1.27. The quantitative estimate of drug-likeness (QED) is 0.758. The van der Waals surface area contributed by atoms with Crippen molar-refractivity contribution in [3.63, 3.8) is 0 Å². The van der Waals surface area contributed by atoms with Gasteiger partial charge in [0.25, 0.3) is 0 Å². The summed E-state index contributed by atoms with van der Waals surface area (Å²) in [6.07, 6.45) is 7.82. The molecule has 1 unspecified atom stereocenters. The number of ether oxygens (including phenoxy) is 1. The molecule has 1 heterocycles. The van der Waals surface area contributed by atoms with Crippen LogP contribution in [0.5, 0.6) is 0 Å². The third kappa shape index (κ3) is 2.15. The van der Waals surface area contributed by atoms with Crippen LogP contribution in [0, 0.1) is 0 Å². The first-order valence-electron chi connectivity index (χ1n) is 5.07. The van der Waals surface area contributed by atoms with E-state index in [1.807, 2.05) is 19.1 Å². The molecule has 4 heteroatoms. The van der Waals surface area contributed by atoms with Crippen molar-refractivity contribution in [1.29, 1.82) is 0 Å². The van der Waals surface area contributed by atoms with Gasteiger partial charge in [0.15, 0.2) is 0 Å². The topological polar surface area (TPSA) is 48.2 Å². The second-order valence-electron chi connectivity index (χ2n) is 3.38. The molecule has 1 aromatic heterocycles. The lowest BCUT2D eigenvalue weighted by atomic mass is 10.1. The third-order valence-electron chi connectivity index (χ3n) is 2.38. The molecule has 1 aliphatic carbocycles. The summed E-state index contributed by atoms with van der Waals surface area (Å²) < 4.78 is 10.7. The molecule has 0 amide bonds. The van der Waals surface area contributed by atoms with Gasteiger partial charge < -0.3 is 9.15 Å². The highest BCUT2D eigenvalue weighted by Gasteiger charge is 2.13. The lowest BCUT2D eigenvalue weighted by molar-refractivity contribution is 0.143. The number of nitrogens with zero attached hydrogens (tertiary/aromatic N) is 2. The van der Waals surface area contributed by atoms with Crippen molar-refractivity contribution in [3.8, 4) is 0 Å². The number of methoxy groups -OCH3 is 1. The van der Waals surface area contributed by atoms with E-state index < -0.39 is 0 Å². The molecule has 4 nitrogen and oxygen atoms in total. The molecule has 80 valence electrons. The van der Waals surface area contributed by atoms with Gasteiger partial charge in [0.2, 0.25) is 11.8 Å². The van der Waals surface area contributed by atoms with Crippen molar-refractivity contribution in [1.82, 2.24) is 10.2 Å². The fourth-order valence-electron chi connectivity index (χ4n) is 1.45. The van der Waals surface area contributed by atoms with Crippen LogP contribution in [0.25, 0.3) is 5.57 Å². The second kappa shape index (κ2) is 4.40. The molecular formula is C11H14N2O2. The number of allylic oxidation sites excluding steroid dienone is 2. The van der Waals surface area contributed by atoms with E-state index in [1.54, 1.807) is 7.11 Å². The zero-order chi connectivity index (χ0) is 10.7. The van der Waals surface area contributed by atoms with Crippen LogP contribution in [0.3, 0.4) is 0 Å². The fourth-order valence-corrected chi connectivity index (χ4v) is 1.45. The van der Waals surface area contributed by atoms with Crippen molar-refractivity contribution in [2.24, 2.45) is 0 Å². The van der Waals surface area contributed by atoms with Gasteiger partial charge in [0.05, 0.1) is 6.10 Å². The lowest BCUT2D eigenvalue weighted by Gasteiger charge is -2.12. The SMILES string of the molecule is CCc1nnc(C2=CCC(OC)C=C2)o1. The fraction of sp³-hybridized carbons (Fsp3) is 0.455. The van der Waals surface area contributed by atoms with E-state index in [9.17, 15) is 0 Å². The standard InChI is InChI=1S/C11H14N2O2/c1-3-10-12-13-11(15-10)8-4-6-9(14-2)7-5-8/h4-6,9H,3,7H2,1-2H3. The monoisotopic (exact) mass is 206 g/mol. The third-order valence-corrected chi connectivity index (χ3v) is 2.38. The van der Waals surface area contributed by atoms with Gasteiger partial charge in [-0.3, -0.25) is 0 Å². The van der Waals surface area contributed by atoms with Gasteiger partial charge in [-0.2, -0.15) is 0 Å². The highest BCUT2D eigenvalue weighted by Crippen LogP contribution is 2.21. The normalized spacial score (nSPS) is 20.4. The first kappa shape index (κ1) is 10.1. The summed E-state index contributed by atoms with van der Waals surface area (Å²) in [4.78, 5) is 0. The maximum Gasteiger partial charge on any atom is 0.247 e. The summed E-state index contributed by atoms with van der Waals surface area (Å²) in [5.41, 5.74) is 0.982. The van der Waals surface area contributed by atoms with Gasteiger partial charge in [-0.05, 0) is 6.42 Å². The largest absolute Gasteiger partial charge is 0.421 e. The molecule has 0 radical (unpaired) electrons. The van der Waals surface area contributed by atoms with E-state index in [-0.39, 0.29) is 6.10 Å². The van der Waals surface area contributed by atoms with E-state index in [0.717, 1.165) is 18.4 Å². The first-order chi connectivity index (χ1) is 7.33. The van der Waals surface area contributed by atoms with E-state index >= 15 is 0 Å². The molecule has 1 aromatic rings. The summed E-state index contributed by atoms with van der Waals surface area (Å²) in [6, 6.07) is 0. The molecule has 2 rings (SSSR count). The Bertz CT molecular complexity index is 393. The molecule has 1 atom stereocenters. The Labute approximate surface area is 88.6 Å². The zero-order valence-electron chi connectivity index (χ0n) is 8.93. The molecule has 0 bridgehead atoms. The van der Waals surface area contributed by atoms with Crippen molar-refractivity contribution >= 4 is 5.57 Å². The van der Waals surface area contributed by atoms with Crippen LogP contribution in [0.4, 0.5) is 0 Å². The maximum atomic E-state index is 5.46. The summed E-state index contributed by atoms with van der Waals surface area (Å²) in [6.45, 7) is 1.99. The van der Waals surface area contributed by atoms with Gasteiger partial charge in [-0.15, -0.1) is 10.2 Å². The summed E-state index contributed by atoms with van der Waals surface area (Å²) in [7, 11) is 1.70. The number of hydrogen-bond donors (Lipinski definition) is 0. The Morgan fingerprint density at radius 1 is 1.53 bits per heavy atom. The van der Waals surface area contributed by atoms with Crippen LogP contribution >= 0.6 is 0 Å². The highest BCUT2D eigenvalue weighted by atomic mass is 16.5. The van der Waals surface area contributed by atoms with Crippen LogP contribution in [-0.2, 0) is 11.2 Å². The molecule has 0 fully saturated rings. The molecule has 0 saturated heterocycles. The summed E-state index contributed by atoms with van der Waals surface area (Å²) in [5, 5.41) is 7.91. The Morgan fingerprint density at radius 2 is 2.40 bits per heavy atom. The molecular weight excluding hydrogens is 192 g/mol. The Hall–Kier alpha value is -1.42. The molecule has 0 N–H and O–H groups in total. The van der Waals surface area contributed by atoms with Crippen LogP contribution < -0.4 is 0 Å². The van der Waals surface area contributed by atoms with E-state index in [0.29, 0.717) is 11.8 Å². The zero-order valence-corrected chi connectivity index (χ0v) is 8.93. The van der Waals surface area contributed by atoms with Gasteiger partial charge in [-0.1, -0.05) is 25.2 Å². The highest BCUT2D eigenvalue weighted by molar-refractivity contribution is 5.69. The first-order valence-corrected chi connectivity index (χ1v) is 5.07. The van der Waals surface area contributed by atoms with Crippen molar-refractivity contribution in [2.75, 3.05) is 7.11 Å². The molecule has 1 aliphatic rings. The average molecular weight is 206 g/mol. The second-order valence-corrected chi connectivity index (χ2v) is 3.38. The molecule has 0 saturated carbocycles. The Balaban J connectivity index is 2.13. The van der Waals surface area contributed by atoms with Crippen molar-refractivity contribution in [2.45, 2.75) is 25.9 Å². The minimum absolute atomic E-state index is 0.169. The van der Waals surface area contributed by atoms with E-state index in [1.165, 1.54) is 0 Å². The minimum atomic E-state index is 0.169. The molecule has 0 spiro atoms. The Kier molecular flexibility index (Phi) is 2.97. The lowest BCUT2D eigenvalue weighted by Crippen LogP contribution is -2.08. The average Bonchev–Trinajstić information content (AvgIpc) is 2.78. The van der Waals surface area contributed by atoms with Crippen LogP contribution in [-0.4, -0.2) is 23.4 Å². The molecule has 0 aromatic carbocycles. The van der Waals surface area contributed by atoms with Gasteiger partial charge in [0.1, 0.15) is 0 Å². The number of rotatable bonds is 3. The van der Waals surface area contributed by atoms with Crippen LogP contribution in [0.1, 0.15) is 25.1 Å². The van der Waals surface area contributed by atoms with Crippen molar-refractivity contribution < 1.29 is 9.15 Å². The smallest absolute Gasteiger partial charge is 0.247 e. The minimum Gasteiger partial charge on any atom is -0.421 e. The predicted molar refractivity (Wildman–Crippen MR) is 56.2 cm³/mol. The number of aromatic nitrogens is 2. The predicted octanol–water partition coefficient (Wildman–Crippen LogP) is 1.99. The van der Waals surface area contributed by atoms with Gasteiger partial charge in [0, 0.05) is 19.1 Å². The summed E-state index contributed by atoms with van der Waals surface area (Å²) >= 11 is 0. The van der Waals surface area contributed by atoms with Gasteiger partial charge >= 0.3 is 0 Å². The van der Waals surface area contributed by atoms with Gasteiger partial charge in [-0.25, -0.2) is 0 Å².